The zero-order chi connectivity index (χ0) is 22.6. The van der Waals surface area contributed by atoms with Crippen LogP contribution in [0.15, 0.2) is 60.7 Å². The molecule has 2 aromatic heterocycles. The van der Waals surface area contributed by atoms with Crippen LogP contribution < -0.4 is 15.5 Å². The molecule has 10 nitrogen and oxygen atoms in total. The highest BCUT2D eigenvalue weighted by atomic mass is 16.3. The Morgan fingerprint density at radius 3 is 2.27 bits per heavy atom. The number of para-hydroxylation sites is 1. The molecule has 0 radical (unpaired) electrons. The van der Waals surface area contributed by atoms with Gasteiger partial charge in [-0.15, -0.1) is 0 Å². The summed E-state index contributed by atoms with van der Waals surface area (Å²) < 4.78 is 0. The first-order chi connectivity index (χ1) is 16.1. The van der Waals surface area contributed by atoms with Gasteiger partial charge in [-0.3, -0.25) is 5.10 Å². The molecule has 168 valence electrons. The smallest absolute Gasteiger partial charge is 0.235 e. The lowest BCUT2D eigenvalue weighted by atomic mass is 10.1. The van der Waals surface area contributed by atoms with E-state index in [0.29, 0.717) is 23.7 Å². The number of H-pyrrole nitrogens is 1. The van der Waals surface area contributed by atoms with E-state index in [2.05, 4.69) is 52.6 Å². The summed E-state index contributed by atoms with van der Waals surface area (Å²) in [6, 6.07) is 18.6. The van der Waals surface area contributed by atoms with E-state index < -0.39 is 0 Å². The van der Waals surface area contributed by atoms with Gasteiger partial charge in [0.15, 0.2) is 5.82 Å². The molecule has 0 spiro atoms. The molecule has 0 unspecified atom stereocenters. The first-order valence-corrected chi connectivity index (χ1v) is 10.8. The summed E-state index contributed by atoms with van der Waals surface area (Å²) in [5.41, 5.74) is 2.62. The summed E-state index contributed by atoms with van der Waals surface area (Å²) in [7, 11) is 2.11. The molecular weight excluding hydrogens is 418 g/mol. The molecule has 5 rings (SSSR count). The number of anilines is 5. The van der Waals surface area contributed by atoms with Crippen molar-refractivity contribution in [1.82, 2.24) is 30.0 Å². The number of benzene rings is 2. The number of nitrogens with one attached hydrogen (secondary N) is 3. The maximum absolute atomic E-state index is 9.51. The van der Waals surface area contributed by atoms with Crippen LogP contribution in [-0.4, -0.2) is 68.4 Å². The first-order valence-electron chi connectivity index (χ1n) is 10.8. The van der Waals surface area contributed by atoms with E-state index >= 15 is 0 Å². The third-order valence-electron chi connectivity index (χ3n) is 5.44. The Bertz CT molecular complexity index is 1200. The third kappa shape index (κ3) is 5.01. The molecule has 4 N–H and O–H groups in total. The van der Waals surface area contributed by atoms with Crippen LogP contribution in [0.25, 0.3) is 11.3 Å². The van der Waals surface area contributed by atoms with Gasteiger partial charge in [0.05, 0.1) is 5.69 Å². The Morgan fingerprint density at radius 2 is 1.55 bits per heavy atom. The number of piperazine rings is 1. The van der Waals surface area contributed by atoms with E-state index in [1.165, 1.54) is 0 Å². The van der Waals surface area contributed by atoms with Crippen molar-refractivity contribution in [2.45, 2.75) is 0 Å². The maximum Gasteiger partial charge on any atom is 0.235 e. The van der Waals surface area contributed by atoms with Gasteiger partial charge < -0.3 is 25.5 Å². The minimum Gasteiger partial charge on any atom is -0.508 e. The second kappa shape index (κ2) is 9.13. The summed E-state index contributed by atoms with van der Waals surface area (Å²) in [4.78, 5) is 18.3. The Hall–Kier alpha value is -4.18. The minimum absolute atomic E-state index is 0.219. The van der Waals surface area contributed by atoms with Crippen LogP contribution in [0, 0.1) is 0 Å². The summed E-state index contributed by atoms with van der Waals surface area (Å²) in [6.07, 6.45) is 0. The minimum atomic E-state index is 0.219. The Balaban J connectivity index is 1.41. The normalized spacial score (nSPS) is 14.3. The fraction of sp³-hybridized carbons (Fsp3) is 0.217. The Kier molecular flexibility index (Phi) is 5.73. The van der Waals surface area contributed by atoms with Gasteiger partial charge >= 0.3 is 0 Å². The lowest BCUT2D eigenvalue weighted by molar-refractivity contribution is 0.311. The van der Waals surface area contributed by atoms with Crippen LogP contribution in [0.3, 0.4) is 0 Å². The van der Waals surface area contributed by atoms with Crippen molar-refractivity contribution in [2.24, 2.45) is 0 Å². The molecule has 3 heterocycles. The number of aromatic amines is 1. The van der Waals surface area contributed by atoms with Gasteiger partial charge in [-0.25, -0.2) is 0 Å². The zero-order valence-corrected chi connectivity index (χ0v) is 18.2. The molecule has 0 saturated carbocycles. The lowest BCUT2D eigenvalue weighted by Gasteiger charge is -2.32. The number of rotatable bonds is 6. The molecule has 4 aromatic rings. The second-order valence-electron chi connectivity index (χ2n) is 7.90. The van der Waals surface area contributed by atoms with Gasteiger partial charge in [0, 0.05) is 37.9 Å². The first kappa shape index (κ1) is 20.7. The molecule has 10 heteroatoms. The number of phenols is 1. The number of nitrogens with zero attached hydrogens (tertiary/aromatic N) is 6. The predicted octanol–water partition coefficient (Wildman–Crippen LogP) is 3.21. The van der Waals surface area contributed by atoms with Crippen molar-refractivity contribution in [3.63, 3.8) is 0 Å². The van der Waals surface area contributed by atoms with Crippen LogP contribution in [0.4, 0.5) is 29.4 Å². The van der Waals surface area contributed by atoms with E-state index in [-0.39, 0.29) is 5.75 Å². The fourth-order valence-electron chi connectivity index (χ4n) is 3.56. The fourth-order valence-corrected chi connectivity index (χ4v) is 3.56. The molecule has 0 aliphatic carbocycles. The van der Waals surface area contributed by atoms with Crippen molar-refractivity contribution in [1.29, 1.82) is 0 Å². The van der Waals surface area contributed by atoms with Crippen LogP contribution >= 0.6 is 0 Å². The van der Waals surface area contributed by atoms with E-state index in [4.69, 9.17) is 0 Å². The highest BCUT2D eigenvalue weighted by Crippen LogP contribution is 2.24. The number of aromatic hydroxyl groups is 1. The number of aromatic nitrogens is 5. The Morgan fingerprint density at radius 1 is 0.848 bits per heavy atom. The number of hydrogen-bond acceptors (Lipinski definition) is 9. The van der Waals surface area contributed by atoms with Crippen molar-refractivity contribution in [3.05, 3.63) is 60.7 Å². The summed E-state index contributed by atoms with van der Waals surface area (Å²) >= 11 is 0. The topological polar surface area (TPSA) is 118 Å². The van der Waals surface area contributed by atoms with Crippen molar-refractivity contribution in [2.75, 3.05) is 48.8 Å². The van der Waals surface area contributed by atoms with Crippen LogP contribution in [0.5, 0.6) is 5.75 Å². The van der Waals surface area contributed by atoms with Crippen molar-refractivity contribution in [3.8, 4) is 17.0 Å². The number of hydrogen-bond donors (Lipinski definition) is 4. The molecular formula is C23H25N9O. The molecule has 1 saturated heterocycles. The maximum atomic E-state index is 9.51. The molecule has 0 amide bonds. The highest BCUT2D eigenvalue weighted by Gasteiger charge is 2.19. The predicted molar refractivity (Wildman–Crippen MR) is 128 cm³/mol. The quantitative estimate of drug-likeness (QED) is 0.356. The van der Waals surface area contributed by atoms with Gasteiger partial charge in [-0.05, 0) is 49.0 Å². The van der Waals surface area contributed by atoms with Gasteiger partial charge in [0.2, 0.25) is 17.8 Å². The van der Waals surface area contributed by atoms with Gasteiger partial charge in [-0.1, -0.05) is 18.2 Å². The van der Waals surface area contributed by atoms with E-state index in [9.17, 15) is 5.11 Å². The number of likely N-dealkylation sites (N-methyl/N-ethyl adjacent to an activating group) is 1. The third-order valence-corrected chi connectivity index (χ3v) is 5.44. The van der Waals surface area contributed by atoms with E-state index in [0.717, 1.165) is 43.1 Å². The molecule has 1 aliphatic heterocycles. The summed E-state index contributed by atoms with van der Waals surface area (Å²) in [6.45, 7) is 3.59. The largest absolute Gasteiger partial charge is 0.508 e. The number of phenolic OH excluding ortho intramolecular Hbond substituents is 1. The van der Waals surface area contributed by atoms with Crippen LogP contribution in [0.1, 0.15) is 0 Å². The van der Waals surface area contributed by atoms with Crippen LogP contribution in [0.2, 0.25) is 0 Å². The van der Waals surface area contributed by atoms with E-state index in [1.807, 2.05) is 48.5 Å². The van der Waals surface area contributed by atoms with Crippen molar-refractivity contribution < 1.29 is 5.11 Å². The molecule has 2 aromatic carbocycles. The average molecular weight is 444 g/mol. The second-order valence-corrected chi connectivity index (χ2v) is 7.90. The lowest BCUT2D eigenvalue weighted by Crippen LogP contribution is -2.45. The van der Waals surface area contributed by atoms with Gasteiger partial charge in [-0.2, -0.15) is 20.1 Å². The van der Waals surface area contributed by atoms with Gasteiger partial charge in [0.25, 0.3) is 0 Å². The van der Waals surface area contributed by atoms with Gasteiger partial charge in [0.1, 0.15) is 5.75 Å². The molecule has 0 atom stereocenters. The average Bonchev–Trinajstić information content (AvgIpc) is 3.29. The summed E-state index contributed by atoms with van der Waals surface area (Å²) in [5.74, 6) is 2.28. The molecule has 0 bridgehead atoms. The van der Waals surface area contributed by atoms with Crippen LogP contribution in [-0.2, 0) is 0 Å². The molecule has 33 heavy (non-hydrogen) atoms. The molecule has 1 fully saturated rings. The molecule has 1 aliphatic rings. The standard InChI is InChI=1S/C23H25N9O/c1-31-11-13-32(14-12-31)23-27-21(24-17-5-3-2-4-6-17)26-22(28-23)25-20-15-19(29-30-20)16-7-9-18(33)10-8-16/h2-10,15,33H,11-14H2,1H3,(H3,24,25,26,27,28,29,30). The van der Waals surface area contributed by atoms with Crippen molar-refractivity contribution >= 4 is 29.4 Å². The zero-order valence-electron chi connectivity index (χ0n) is 18.2. The SMILES string of the molecule is CN1CCN(c2nc(Nc3ccccc3)nc(Nc3cc(-c4ccc(O)cc4)[nH]n3)n2)CC1. The monoisotopic (exact) mass is 443 g/mol. The Labute approximate surface area is 191 Å². The summed E-state index contributed by atoms with van der Waals surface area (Å²) in [5, 5.41) is 23.3. The van der Waals surface area contributed by atoms with E-state index in [1.54, 1.807) is 12.1 Å². The highest BCUT2D eigenvalue weighted by molar-refractivity contribution is 5.65.